The maximum atomic E-state index is 14.8. The van der Waals surface area contributed by atoms with Gasteiger partial charge in [-0.05, 0) is 72.5 Å². The summed E-state index contributed by atoms with van der Waals surface area (Å²) >= 11 is 0. The first-order valence-electron chi connectivity index (χ1n) is 19.1. The fraction of sp³-hybridized carbons (Fsp3) is 0.130. The molecule has 8 aromatic rings. The summed E-state index contributed by atoms with van der Waals surface area (Å²) in [6, 6.07) is 39.9. The zero-order chi connectivity index (χ0) is 42.7. The van der Waals surface area contributed by atoms with Crippen molar-refractivity contribution in [3.05, 3.63) is 189 Å². The number of nitrogens with zero attached hydrogens (tertiary/aromatic N) is 6. The van der Waals surface area contributed by atoms with Gasteiger partial charge in [-0.25, -0.2) is 13.1 Å². The third-order valence-corrected chi connectivity index (χ3v) is 12.0. The molecule has 0 spiro atoms. The van der Waals surface area contributed by atoms with Crippen LogP contribution in [0.15, 0.2) is 155 Å². The Kier molecular flexibility index (Phi) is 11.0. The predicted molar refractivity (Wildman–Crippen MR) is 228 cm³/mol. The number of rotatable bonds is 14. The van der Waals surface area contributed by atoms with Crippen LogP contribution in [0.3, 0.4) is 0 Å². The summed E-state index contributed by atoms with van der Waals surface area (Å²) < 4.78 is 51.1. The number of pyridine rings is 1. The van der Waals surface area contributed by atoms with Gasteiger partial charge in [-0.1, -0.05) is 107 Å². The highest BCUT2D eigenvalue weighted by Gasteiger charge is 2.41. The van der Waals surface area contributed by atoms with Crippen LogP contribution in [0, 0.1) is 24.0 Å². The topological polar surface area (TPSA) is 177 Å². The maximum Gasteiger partial charge on any atom is 0.278 e. The summed E-state index contributed by atoms with van der Waals surface area (Å²) in [6.07, 6.45) is 3.12. The Morgan fingerprint density at radius 3 is 1.92 bits per heavy atom. The average Bonchev–Trinajstić information content (AvgIpc) is 3.95. The minimum atomic E-state index is -4.27. The molecule has 0 fully saturated rings. The van der Waals surface area contributed by atoms with E-state index in [-0.39, 0.29) is 17.1 Å². The molecule has 3 aromatic heterocycles. The Hall–Kier alpha value is -7.49. The van der Waals surface area contributed by atoms with Crippen molar-refractivity contribution in [2.45, 2.75) is 30.8 Å². The van der Waals surface area contributed by atoms with Crippen molar-refractivity contribution in [2.24, 2.45) is 0 Å². The van der Waals surface area contributed by atoms with Gasteiger partial charge in [0.25, 0.3) is 5.69 Å². The maximum absolute atomic E-state index is 14.8. The zero-order valence-electron chi connectivity index (χ0n) is 33.5. The summed E-state index contributed by atoms with van der Waals surface area (Å²) in [5, 5.41) is 24.9. The van der Waals surface area contributed by atoms with Gasteiger partial charge >= 0.3 is 0 Å². The minimum absolute atomic E-state index is 0.00300. The Bertz CT molecular complexity index is 2890. The van der Waals surface area contributed by atoms with E-state index in [9.17, 15) is 18.5 Å². The molecule has 0 saturated heterocycles. The highest BCUT2D eigenvalue weighted by atomic mass is 32.2. The molecule has 15 heteroatoms. The lowest BCUT2D eigenvalue weighted by Crippen LogP contribution is -2.47. The zero-order valence-corrected chi connectivity index (χ0v) is 34.3. The summed E-state index contributed by atoms with van der Waals surface area (Å²) in [5.74, 6) is 1.53. The summed E-state index contributed by atoms with van der Waals surface area (Å²) in [6.45, 7) is 3.42. The number of nitrogens with one attached hydrogen (secondary N) is 1. The summed E-state index contributed by atoms with van der Waals surface area (Å²) in [7, 11) is -1.12. The lowest BCUT2D eigenvalue weighted by Gasteiger charge is -2.36. The average molecular weight is 834 g/mol. The van der Waals surface area contributed by atoms with E-state index in [2.05, 4.69) is 25.2 Å². The Morgan fingerprint density at radius 2 is 1.34 bits per heavy atom. The summed E-state index contributed by atoms with van der Waals surface area (Å²) in [4.78, 5) is 15.8. The van der Waals surface area contributed by atoms with Gasteiger partial charge in [0.2, 0.25) is 10.0 Å². The van der Waals surface area contributed by atoms with E-state index in [1.807, 2.05) is 84.9 Å². The van der Waals surface area contributed by atoms with E-state index in [0.717, 1.165) is 5.56 Å². The van der Waals surface area contributed by atoms with Crippen molar-refractivity contribution in [1.82, 2.24) is 29.9 Å². The van der Waals surface area contributed by atoms with Crippen LogP contribution in [0.2, 0.25) is 0 Å². The normalized spacial score (nSPS) is 11.7. The third-order valence-electron chi connectivity index (χ3n) is 10.6. The Labute approximate surface area is 351 Å². The van der Waals surface area contributed by atoms with Crippen molar-refractivity contribution in [3.63, 3.8) is 0 Å². The standard InChI is InChI=1S/C46H39N7O7S/c1-30-27-47-40(31(2)44(30)53(54)55)28-52-29-41(48-51-52)45-42(43(49-60-45)33-11-7-5-8-12-33)32-15-25-39(26-16-32)61(56,57)50-46(34-13-9-6-10-14-34,35-17-21-37(58-3)22-18-35)36-19-23-38(59-4)24-20-36/h5-27,29,50H,28H2,1-4H3. The molecular weight excluding hydrogens is 795 g/mol. The molecular formula is C46H39N7O7S. The third kappa shape index (κ3) is 7.75. The fourth-order valence-electron chi connectivity index (χ4n) is 7.47. The van der Waals surface area contributed by atoms with Crippen molar-refractivity contribution >= 4 is 15.7 Å². The highest BCUT2D eigenvalue weighted by Crippen LogP contribution is 2.42. The monoisotopic (exact) mass is 833 g/mol. The molecule has 14 nitrogen and oxygen atoms in total. The molecule has 0 bridgehead atoms. The lowest BCUT2D eigenvalue weighted by molar-refractivity contribution is -0.386. The molecule has 0 aliphatic heterocycles. The molecule has 61 heavy (non-hydrogen) atoms. The van der Waals surface area contributed by atoms with Crippen LogP contribution in [0.4, 0.5) is 5.69 Å². The minimum Gasteiger partial charge on any atom is -0.497 e. The number of hydrogen-bond acceptors (Lipinski definition) is 11. The van der Waals surface area contributed by atoms with Crippen LogP contribution in [-0.4, -0.2) is 52.7 Å². The number of sulfonamides is 1. The van der Waals surface area contributed by atoms with Crippen LogP contribution in [-0.2, 0) is 22.1 Å². The van der Waals surface area contributed by atoms with Gasteiger partial charge in [0.1, 0.15) is 22.7 Å². The molecule has 1 N–H and O–H groups in total. The van der Waals surface area contributed by atoms with Crippen molar-refractivity contribution in [2.75, 3.05) is 14.2 Å². The predicted octanol–water partition coefficient (Wildman–Crippen LogP) is 8.52. The van der Waals surface area contributed by atoms with Crippen LogP contribution >= 0.6 is 0 Å². The SMILES string of the molecule is COc1ccc(C(NS(=O)(=O)c2ccc(-c3c(-c4ccccc4)noc3-c3cn(Cc4ncc(C)c([N+](=O)[O-])c4C)nn3)cc2)(c2ccccc2)c2ccc(OC)cc2)cc1. The second kappa shape index (κ2) is 16.6. The molecule has 3 heterocycles. The molecule has 0 radical (unpaired) electrons. The first-order valence-corrected chi connectivity index (χ1v) is 20.5. The molecule has 0 aliphatic carbocycles. The van der Waals surface area contributed by atoms with Gasteiger partial charge in [0.05, 0.1) is 53.6 Å². The van der Waals surface area contributed by atoms with E-state index < -0.39 is 20.5 Å². The fourth-order valence-corrected chi connectivity index (χ4v) is 8.84. The number of benzene rings is 5. The number of aromatic nitrogens is 5. The van der Waals surface area contributed by atoms with Gasteiger partial charge in [-0.3, -0.25) is 15.1 Å². The van der Waals surface area contributed by atoms with E-state index in [4.69, 9.17) is 14.0 Å². The molecule has 0 aliphatic rings. The van der Waals surface area contributed by atoms with E-state index in [1.165, 1.54) is 23.0 Å². The van der Waals surface area contributed by atoms with Crippen LogP contribution in [0.1, 0.15) is 33.5 Å². The molecule has 0 amide bonds. The first-order chi connectivity index (χ1) is 29.5. The number of ether oxygens (including phenoxy) is 2. The number of hydrogen-bond donors (Lipinski definition) is 1. The molecule has 0 atom stereocenters. The summed E-state index contributed by atoms with van der Waals surface area (Å²) in [5.41, 5.74) is 4.77. The van der Waals surface area contributed by atoms with Crippen molar-refractivity contribution in [3.8, 4) is 45.3 Å². The van der Waals surface area contributed by atoms with E-state index in [0.29, 0.717) is 73.3 Å². The van der Waals surface area contributed by atoms with Crippen molar-refractivity contribution < 1.29 is 27.3 Å². The van der Waals surface area contributed by atoms with Crippen LogP contribution in [0.25, 0.3) is 33.8 Å². The van der Waals surface area contributed by atoms with Crippen LogP contribution < -0.4 is 14.2 Å². The first kappa shape index (κ1) is 40.3. The van der Waals surface area contributed by atoms with Crippen LogP contribution in [0.5, 0.6) is 11.5 Å². The highest BCUT2D eigenvalue weighted by molar-refractivity contribution is 7.89. The quantitative estimate of drug-likeness (QED) is 0.0631. The molecule has 5 aromatic carbocycles. The van der Waals surface area contributed by atoms with Gasteiger partial charge in [0, 0.05) is 17.3 Å². The molecule has 0 saturated carbocycles. The smallest absolute Gasteiger partial charge is 0.278 e. The van der Waals surface area contributed by atoms with E-state index in [1.54, 1.807) is 70.7 Å². The second-order valence-corrected chi connectivity index (χ2v) is 15.9. The van der Waals surface area contributed by atoms with Gasteiger partial charge in [0.15, 0.2) is 11.5 Å². The van der Waals surface area contributed by atoms with Gasteiger partial charge in [-0.2, -0.15) is 4.72 Å². The Balaban J connectivity index is 1.19. The largest absolute Gasteiger partial charge is 0.497 e. The van der Waals surface area contributed by atoms with Gasteiger partial charge < -0.3 is 14.0 Å². The molecule has 0 unspecified atom stereocenters. The molecule has 8 rings (SSSR count). The van der Waals surface area contributed by atoms with E-state index >= 15 is 0 Å². The van der Waals surface area contributed by atoms with Crippen molar-refractivity contribution in [1.29, 1.82) is 0 Å². The number of methoxy groups -OCH3 is 2. The number of nitro groups is 1. The molecule has 306 valence electrons. The van der Waals surface area contributed by atoms with Gasteiger partial charge in [-0.15, -0.1) is 5.10 Å². The second-order valence-electron chi connectivity index (χ2n) is 14.2. The Morgan fingerprint density at radius 1 is 0.770 bits per heavy atom. The lowest BCUT2D eigenvalue weighted by atomic mass is 9.78. The number of aryl methyl sites for hydroxylation is 1.